The predicted octanol–water partition coefficient (Wildman–Crippen LogP) is 3.47. The van der Waals surface area contributed by atoms with Gasteiger partial charge in [0.15, 0.2) is 0 Å². The van der Waals surface area contributed by atoms with Gasteiger partial charge in [0.25, 0.3) is 0 Å². The third-order valence-electron chi connectivity index (χ3n) is 3.96. The van der Waals surface area contributed by atoms with Crippen LogP contribution in [0.3, 0.4) is 0 Å². The van der Waals surface area contributed by atoms with Crippen molar-refractivity contribution in [3.8, 4) is 0 Å². The second kappa shape index (κ2) is 7.43. The number of benzene rings is 1. The maximum atomic E-state index is 9.67. The van der Waals surface area contributed by atoms with E-state index in [-0.39, 0.29) is 6.10 Å². The van der Waals surface area contributed by atoms with Gasteiger partial charge < -0.3 is 15.3 Å². The molecule has 1 aromatic carbocycles. The van der Waals surface area contributed by atoms with Crippen LogP contribution in [0, 0.1) is 0 Å². The van der Waals surface area contributed by atoms with Crippen LogP contribution in [-0.2, 0) is 0 Å². The van der Waals surface area contributed by atoms with Crippen molar-refractivity contribution in [1.82, 2.24) is 5.32 Å². The molecule has 2 N–H and O–H groups in total. The van der Waals surface area contributed by atoms with Crippen molar-refractivity contribution in [2.75, 3.05) is 24.5 Å². The molecule has 0 spiro atoms. The molecular formula is C16H25BrN2O. The highest BCUT2D eigenvalue weighted by molar-refractivity contribution is 9.10. The molecule has 1 aliphatic heterocycles. The van der Waals surface area contributed by atoms with Crippen LogP contribution in [0.4, 0.5) is 5.69 Å². The van der Waals surface area contributed by atoms with E-state index in [0.717, 1.165) is 43.4 Å². The monoisotopic (exact) mass is 340 g/mol. The van der Waals surface area contributed by atoms with Crippen molar-refractivity contribution in [3.63, 3.8) is 0 Å². The first-order valence-electron chi connectivity index (χ1n) is 7.57. The topological polar surface area (TPSA) is 35.5 Å². The molecule has 0 radical (unpaired) electrons. The molecule has 20 heavy (non-hydrogen) atoms. The average molecular weight is 341 g/mol. The number of aliphatic hydroxyl groups is 1. The Labute approximate surface area is 130 Å². The summed E-state index contributed by atoms with van der Waals surface area (Å²) < 4.78 is 1.12. The number of nitrogens with one attached hydrogen (secondary N) is 1. The van der Waals surface area contributed by atoms with Crippen LogP contribution in [0.5, 0.6) is 0 Å². The Kier molecular flexibility index (Phi) is 5.87. The van der Waals surface area contributed by atoms with Gasteiger partial charge in [-0.05, 0) is 56.5 Å². The summed E-state index contributed by atoms with van der Waals surface area (Å²) in [6.07, 6.45) is 2.75. The van der Waals surface area contributed by atoms with Crippen LogP contribution in [0.25, 0.3) is 0 Å². The third-order valence-corrected chi connectivity index (χ3v) is 4.46. The molecule has 1 aromatic rings. The number of nitrogens with zero attached hydrogens (tertiary/aromatic N) is 1. The van der Waals surface area contributed by atoms with Crippen molar-refractivity contribution in [2.24, 2.45) is 0 Å². The number of hydrogen-bond donors (Lipinski definition) is 2. The third kappa shape index (κ3) is 3.96. The molecule has 0 aliphatic carbocycles. The summed E-state index contributed by atoms with van der Waals surface area (Å²) in [5.74, 6) is 0. The zero-order valence-corrected chi connectivity index (χ0v) is 14.0. The summed E-state index contributed by atoms with van der Waals surface area (Å²) in [5, 5.41) is 13.2. The molecule has 0 amide bonds. The van der Waals surface area contributed by atoms with Gasteiger partial charge >= 0.3 is 0 Å². The Hall–Kier alpha value is -0.580. The highest BCUT2D eigenvalue weighted by Crippen LogP contribution is 2.31. The Morgan fingerprint density at radius 3 is 2.75 bits per heavy atom. The molecule has 112 valence electrons. The minimum absolute atomic E-state index is 0.124. The first kappa shape index (κ1) is 15.8. The Morgan fingerprint density at radius 2 is 2.10 bits per heavy atom. The first-order chi connectivity index (χ1) is 9.61. The van der Waals surface area contributed by atoms with E-state index in [1.165, 1.54) is 11.3 Å². The molecule has 2 rings (SSSR count). The van der Waals surface area contributed by atoms with Crippen molar-refractivity contribution in [1.29, 1.82) is 0 Å². The van der Waals surface area contributed by atoms with Gasteiger partial charge in [-0.15, -0.1) is 0 Å². The Bertz CT molecular complexity index is 430. The minimum Gasteiger partial charge on any atom is -0.393 e. The van der Waals surface area contributed by atoms with Crippen LogP contribution in [0.15, 0.2) is 22.7 Å². The number of aliphatic hydroxyl groups excluding tert-OH is 1. The van der Waals surface area contributed by atoms with Crippen LogP contribution in [-0.4, -0.2) is 30.8 Å². The van der Waals surface area contributed by atoms with Crippen LogP contribution < -0.4 is 10.2 Å². The van der Waals surface area contributed by atoms with Gasteiger partial charge in [-0.25, -0.2) is 0 Å². The van der Waals surface area contributed by atoms with E-state index in [4.69, 9.17) is 0 Å². The lowest BCUT2D eigenvalue weighted by Crippen LogP contribution is -2.37. The lowest BCUT2D eigenvalue weighted by molar-refractivity contribution is 0.145. The van der Waals surface area contributed by atoms with Gasteiger partial charge in [-0.3, -0.25) is 0 Å². The fraction of sp³-hybridized carbons (Fsp3) is 0.625. The molecular weight excluding hydrogens is 316 g/mol. The minimum atomic E-state index is -0.124. The fourth-order valence-corrected chi connectivity index (χ4v) is 3.12. The van der Waals surface area contributed by atoms with Crippen LogP contribution in [0.1, 0.15) is 44.7 Å². The Balaban J connectivity index is 2.19. The second-order valence-electron chi connectivity index (χ2n) is 5.60. The molecule has 4 heteroatoms. The van der Waals surface area contributed by atoms with Gasteiger partial charge in [-0.1, -0.05) is 22.9 Å². The SMILES string of the molecule is CCCNC(C)c1cc(Br)ccc1N1CCC(O)CC1. The normalized spacial score (nSPS) is 18.3. The second-order valence-corrected chi connectivity index (χ2v) is 6.51. The first-order valence-corrected chi connectivity index (χ1v) is 8.37. The molecule has 3 nitrogen and oxygen atoms in total. The number of hydrogen-bond acceptors (Lipinski definition) is 3. The molecule has 0 bridgehead atoms. The van der Waals surface area contributed by atoms with Gasteiger partial charge in [0.1, 0.15) is 0 Å². The van der Waals surface area contributed by atoms with E-state index in [1.54, 1.807) is 0 Å². The number of halogens is 1. The van der Waals surface area contributed by atoms with Gasteiger partial charge in [0, 0.05) is 29.3 Å². The smallest absolute Gasteiger partial charge is 0.0574 e. The predicted molar refractivity (Wildman–Crippen MR) is 88.3 cm³/mol. The summed E-state index contributed by atoms with van der Waals surface area (Å²) >= 11 is 3.58. The van der Waals surface area contributed by atoms with Crippen LogP contribution >= 0.6 is 15.9 Å². The van der Waals surface area contributed by atoms with E-state index in [9.17, 15) is 5.11 Å². The quantitative estimate of drug-likeness (QED) is 0.861. The maximum absolute atomic E-state index is 9.67. The molecule has 1 fully saturated rings. The van der Waals surface area contributed by atoms with Crippen LogP contribution in [0.2, 0.25) is 0 Å². The van der Waals surface area contributed by atoms with Crippen molar-refractivity contribution < 1.29 is 5.11 Å². The zero-order chi connectivity index (χ0) is 14.5. The summed E-state index contributed by atoms with van der Waals surface area (Å²) in [6.45, 7) is 7.33. The van der Waals surface area contributed by atoms with E-state index >= 15 is 0 Å². The number of anilines is 1. The lowest BCUT2D eigenvalue weighted by Gasteiger charge is -2.34. The number of rotatable bonds is 5. The zero-order valence-electron chi connectivity index (χ0n) is 12.4. The van der Waals surface area contributed by atoms with Gasteiger partial charge in [-0.2, -0.15) is 0 Å². The van der Waals surface area contributed by atoms with E-state index in [1.807, 2.05) is 0 Å². The number of piperidine rings is 1. The summed E-state index contributed by atoms with van der Waals surface area (Å²) in [7, 11) is 0. The molecule has 1 aliphatic rings. The molecule has 1 atom stereocenters. The van der Waals surface area contributed by atoms with Crippen molar-refractivity contribution in [2.45, 2.75) is 45.3 Å². The highest BCUT2D eigenvalue weighted by atomic mass is 79.9. The van der Waals surface area contributed by atoms with Crippen molar-refractivity contribution >= 4 is 21.6 Å². The standard InChI is InChI=1S/C16H25BrN2O/c1-3-8-18-12(2)15-11-13(17)4-5-16(15)19-9-6-14(20)7-10-19/h4-5,11-12,14,18,20H,3,6-10H2,1-2H3. The molecule has 0 aromatic heterocycles. The van der Waals surface area contributed by atoms with E-state index in [2.05, 4.69) is 58.2 Å². The van der Waals surface area contributed by atoms with Gasteiger partial charge in [0.2, 0.25) is 0 Å². The van der Waals surface area contributed by atoms with Crippen molar-refractivity contribution in [3.05, 3.63) is 28.2 Å². The highest BCUT2D eigenvalue weighted by Gasteiger charge is 2.21. The van der Waals surface area contributed by atoms with E-state index < -0.39 is 0 Å². The summed E-state index contributed by atoms with van der Waals surface area (Å²) in [6, 6.07) is 6.86. The maximum Gasteiger partial charge on any atom is 0.0574 e. The molecule has 0 saturated carbocycles. The summed E-state index contributed by atoms with van der Waals surface area (Å²) in [4.78, 5) is 2.40. The Morgan fingerprint density at radius 1 is 1.40 bits per heavy atom. The largest absolute Gasteiger partial charge is 0.393 e. The molecule has 1 saturated heterocycles. The average Bonchev–Trinajstić information content (AvgIpc) is 2.46. The molecule has 1 heterocycles. The molecule has 1 unspecified atom stereocenters. The van der Waals surface area contributed by atoms with Gasteiger partial charge in [0.05, 0.1) is 6.10 Å². The summed E-state index contributed by atoms with van der Waals surface area (Å²) in [5.41, 5.74) is 2.64. The fourth-order valence-electron chi connectivity index (χ4n) is 2.74. The lowest BCUT2D eigenvalue weighted by atomic mass is 10.0. The van der Waals surface area contributed by atoms with E-state index in [0.29, 0.717) is 6.04 Å².